The van der Waals surface area contributed by atoms with Crippen LogP contribution in [0.15, 0.2) is 71.3 Å². The average Bonchev–Trinajstić information content (AvgIpc) is 2.79. The number of allylic oxidation sites excluding steroid dienone is 2. The molecule has 0 aromatic heterocycles. The highest BCUT2D eigenvalue weighted by atomic mass is 16.5. The molecule has 3 rings (SSSR count). The van der Waals surface area contributed by atoms with Crippen LogP contribution in [-0.2, 0) is 19.1 Å². The molecular weight excluding hydrogens is 422 g/mol. The Morgan fingerprint density at radius 2 is 1.85 bits per heavy atom. The predicted molar refractivity (Wildman–Crippen MR) is 122 cm³/mol. The van der Waals surface area contributed by atoms with Crippen molar-refractivity contribution in [1.82, 2.24) is 0 Å². The van der Waals surface area contributed by atoms with Gasteiger partial charge in [0.25, 0.3) is 5.91 Å². The largest absolute Gasteiger partial charge is 0.483 e. The van der Waals surface area contributed by atoms with Crippen molar-refractivity contribution in [3.63, 3.8) is 0 Å². The van der Waals surface area contributed by atoms with Crippen molar-refractivity contribution < 1.29 is 23.8 Å². The van der Waals surface area contributed by atoms with Gasteiger partial charge in [0.2, 0.25) is 5.88 Å². The third-order valence-corrected chi connectivity index (χ3v) is 5.03. The van der Waals surface area contributed by atoms with E-state index in [0.29, 0.717) is 17.0 Å². The number of nitrogens with one attached hydrogen (secondary N) is 1. The van der Waals surface area contributed by atoms with Crippen molar-refractivity contribution in [3.05, 3.63) is 82.4 Å². The second kappa shape index (κ2) is 10.4. The summed E-state index contributed by atoms with van der Waals surface area (Å²) in [6.07, 6.45) is 0. The van der Waals surface area contributed by atoms with E-state index in [-0.39, 0.29) is 41.9 Å². The third kappa shape index (κ3) is 5.33. The van der Waals surface area contributed by atoms with Gasteiger partial charge in [0, 0.05) is 11.3 Å². The van der Waals surface area contributed by atoms with E-state index in [1.807, 2.05) is 25.1 Å². The highest BCUT2D eigenvalue weighted by Crippen LogP contribution is 2.42. The summed E-state index contributed by atoms with van der Waals surface area (Å²) in [6, 6.07) is 16.3. The number of nitriles is 1. The van der Waals surface area contributed by atoms with Gasteiger partial charge >= 0.3 is 5.97 Å². The van der Waals surface area contributed by atoms with Crippen LogP contribution in [-0.4, -0.2) is 25.1 Å². The zero-order valence-electron chi connectivity index (χ0n) is 18.7. The summed E-state index contributed by atoms with van der Waals surface area (Å²) in [5, 5.41) is 12.5. The van der Waals surface area contributed by atoms with E-state index in [2.05, 4.69) is 5.32 Å². The van der Waals surface area contributed by atoms with Gasteiger partial charge in [-0.1, -0.05) is 35.9 Å². The number of esters is 1. The molecule has 1 heterocycles. The van der Waals surface area contributed by atoms with E-state index < -0.39 is 11.9 Å². The Hall–Kier alpha value is -4.25. The molecule has 0 bridgehead atoms. The molecule has 0 fully saturated rings. The molecule has 8 heteroatoms. The highest BCUT2D eigenvalue weighted by molar-refractivity contribution is 5.93. The molecule has 0 aliphatic carbocycles. The lowest BCUT2D eigenvalue weighted by atomic mass is 9.82. The molecule has 1 amide bonds. The summed E-state index contributed by atoms with van der Waals surface area (Å²) in [6.45, 7) is 5.11. The highest BCUT2D eigenvalue weighted by Gasteiger charge is 2.37. The maximum absolute atomic E-state index is 12.7. The first-order valence-electron chi connectivity index (χ1n) is 10.4. The number of carbonyl (C=O) groups is 2. The number of nitrogens with zero attached hydrogens (tertiary/aromatic N) is 1. The van der Waals surface area contributed by atoms with E-state index in [9.17, 15) is 14.9 Å². The Bertz CT molecular complexity index is 1160. The number of amides is 1. The minimum atomic E-state index is -0.862. The van der Waals surface area contributed by atoms with E-state index >= 15 is 0 Å². The van der Waals surface area contributed by atoms with E-state index in [1.54, 1.807) is 50.2 Å². The number of benzene rings is 2. The first-order chi connectivity index (χ1) is 15.8. The zero-order valence-corrected chi connectivity index (χ0v) is 18.7. The predicted octanol–water partition coefficient (Wildman–Crippen LogP) is 3.66. The topological polar surface area (TPSA) is 124 Å². The van der Waals surface area contributed by atoms with Crippen molar-refractivity contribution in [2.24, 2.45) is 5.73 Å². The molecular formula is C25H25N3O5. The number of rotatable bonds is 7. The summed E-state index contributed by atoms with van der Waals surface area (Å²) in [4.78, 5) is 25.1. The fourth-order valence-corrected chi connectivity index (χ4v) is 3.49. The van der Waals surface area contributed by atoms with Gasteiger partial charge in [-0.05, 0) is 39.0 Å². The molecule has 0 saturated heterocycles. The van der Waals surface area contributed by atoms with Gasteiger partial charge in [0.15, 0.2) is 6.61 Å². The van der Waals surface area contributed by atoms with Gasteiger partial charge < -0.3 is 25.3 Å². The fraction of sp³-hybridized carbons (Fsp3) is 0.240. The molecule has 0 saturated carbocycles. The van der Waals surface area contributed by atoms with Gasteiger partial charge in [-0.2, -0.15) is 5.26 Å². The van der Waals surface area contributed by atoms with Gasteiger partial charge in [-0.15, -0.1) is 0 Å². The summed E-state index contributed by atoms with van der Waals surface area (Å²) in [7, 11) is 0. The number of ether oxygens (including phenoxy) is 3. The standard InChI is InChI=1S/C25H25N3O5/c1-4-31-25(30)22-16(3)33-24(27)19(13-26)23(22)18-7-5-6-8-20(18)32-14-21(29)28-17-11-9-15(2)10-12-17/h5-12,23H,4,14,27H2,1-3H3,(H,28,29). The average molecular weight is 447 g/mol. The van der Waals surface area contributed by atoms with Crippen molar-refractivity contribution in [2.45, 2.75) is 26.7 Å². The number of hydrogen-bond acceptors (Lipinski definition) is 7. The SMILES string of the molecule is CCOC(=O)C1=C(C)OC(N)=C(C#N)C1c1ccccc1OCC(=O)Nc1ccc(C)cc1. The maximum Gasteiger partial charge on any atom is 0.338 e. The van der Waals surface area contributed by atoms with Crippen molar-refractivity contribution in [2.75, 3.05) is 18.5 Å². The Morgan fingerprint density at radius 3 is 2.52 bits per heavy atom. The van der Waals surface area contributed by atoms with E-state index in [1.165, 1.54) is 0 Å². The van der Waals surface area contributed by atoms with Crippen LogP contribution in [0, 0.1) is 18.3 Å². The van der Waals surface area contributed by atoms with Crippen molar-refractivity contribution >= 4 is 17.6 Å². The minimum Gasteiger partial charge on any atom is -0.483 e. The Balaban J connectivity index is 1.89. The van der Waals surface area contributed by atoms with Crippen molar-refractivity contribution in [3.8, 4) is 11.8 Å². The number of aryl methyl sites for hydroxylation is 1. The van der Waals surface area contributed by atoms with Crippen molar-refractivity contribution in [1.29, 1.82) is 5.26 Å². The molecule has 8 nitrogen and oxygen atoms in total. The number of carbonyl (C=O) groups excluding carboxylic acids is 2. The van der Waals surface area contributed by atoms with Crippen LogP contribution in [0.2, 0.25) is 0 Å². The molecule has 2 aromatic carbocycles. The van der Waals surface area contributed by atoms with E-state index in [4.69, 9.17) is 19.9 Å². The van der Waals surface area contributed by atoms with Crippen LogP contribution in [0.25, 0.3) is 0 Å². The van der Waals surface area contributed by atoms with E-state index in [0.717, 1.165) is 5.56 Å². The van der Waals surface area contributed by atoms with Crippen LogP contribution in [0.5, 0.6) is 5.75 Å². The first-order valence-corrected chi connectivity index (χ1v) is 10.4. The molecule has 33 heavy (non-hydrogen) atoms. The van der Waals surface area contributed by atoms with Gasteiger partial charge in [-0.25, -0.2) is 4.79 Å². The summed E-state index contributed by atoms with van der Waals surface area (Å²) < 4.78 is 16.4. The summed E-state index contributed by atoms with van der Waals surface area (Å²) in [5.41, 5.74) is 8.39. The zero-order chi connectivity index (χ0) is 24.0. The lowest BCUT2D eigenvalue weighted by Crippen LogP contribution is -2.26. The number of nitrogens with two attached hydrogens (primary N) is 1. The monoisotopic (exact) mass is 447 g/mol. The molecule has 170 valence electrons. The molecule has 1 aliphatic heterocycles. The first kappa shape index (κ1) is 23.4. The van der Waals surface area contributed by atoms with Crippen LogP contribution < -0.4 is 15.8 Å². The molecule has 0 spiro atoms. The molecule has 1 atom stereocenters. The van der Waals surface area contributed by atoms with Gasteiger partial charge in [-0.3, -0.25) is 4.79 Å². The van der Waals surface area contributed by atoms with Crippen LogP contribution >= 0.6 is 0 Å². The lowest BCUT2D eigenvalue weighted by molar-refractivity contribution is -0.139. The number of para-hydroxylation sites is 1. The van der Waals surface area contributed by atoms with Gasteiger partial charge in [0.1, 0.15) is 23.2 Å². The summed E-state index contributed by atoms with van der Waals surface area (Å²) in [5.74, 6) is -1.36. The fourth-order valence-electron chi connectivity index (χ4n) is 3.49. The Labute approximate surface area is 192 Å². The van der Waals surface area contributed by atoms with Gasteiger partial charge in [0.05, 0.1) is 18.1 Å². The summed E-state index contributed by atoms with van der Waals surface area (Å²) >= 11 is 0. The maximum atomic E-state index is 12.7. The second-order valence-electron chi connectivity index (χ2n) is 7.36. The normalized spacial score (nSPS) is 15.4. The quantitative estimate of drug-likeness (QED) is 0.621. The van der Waals surface area contributed by atoms with Crippen LogP contribution in [0.3, 0.4) is 0 Å². The molecule has 1 aliphatic rings. The van der Waals surface area contributed by atoms with Crippen LogP contribution in [0.1, 0.15) is 30.9 Å². The smallest absolute Gasteiger partial charge is 0.338 e. The number of hydrogen-bond donors (Lipinski definition) is 2. The minimum absolute atomic E-state index is 0.0591. The Morgan fingerprint density at radius 1 is 1.15 bits per heavy atom. The molecule has 2 aromatic rings. The molecule has 3 N–H and O–H groups in total. The second-order valence-corrected chi connectivity index (χ2v) is 7.36. The van der Waals surface area contributed by atoms with Crippen LogP contribution in [0.4, 0.5) is 5.69 Å². The molecule has 1 unspecified atom stereocenters. The Kier molecular flexibility index (Phi) is 7.36. The molecule has 0 radical (unpaired) electrons. The lowest BCUT2D eigenvalue weighted by Gasteiger charge is -2.28. The number of anilines is 1. The third-order valence-electron chi connectivity index (χ3n) is 5.03.